The quantitative estimate of drug-likeness (QED) is 0.865. The molecule has 0 fully saturated rings. The Balaban J connectivity index is 1.89. The van der Waals surface area contributed by atoms with Crippen LogP contribution in [0.25, 0.3) is 0 Å². The third-order valence-corrected chi connectivity index (χ3v) is 4.02. The van der Waals surface area contributed by atoms with E-state index >= 15 is 0 Å². The van der Waals surface area contributed by atoms with Gasteiger partial charge in [0.05, 0.1) is 0 Å². The Kier molecular flexibility index (Phi) is 4.79. The van der Waals surface area contributed by atoms with Gasteiger partial charge >= 0.3 is 0 Å². The summed E-state index contributed by atoms with van der Waals surface area (Å²) in [6, 6.07) is 13.0. The van der Waals surface area contributed by atoms with Gasteiger partial charge in [0.1, 0.15) is 0 Å². The van der Waals surface area contributed by atoms with Crippen molar-refractivity contribution in [2.45, 2.75) is 12.8 Å². The van der Waals surface area contributed by atoms with Crippen molar-refractivity contribution in [2.24, 2.45) is 5.73 Å². The topological polar surface area (TPSA) is 29.3 Å². The minimum atomic E-state index is 0.716. The number of rotatable bonds is 6. The molecule has 2 nitrogen and oxygen atoms in total. The smallest absolute Gasteiger partial charge is 0.0363 e. The molecule has 18 heavy (non-hydrogen) atoms. The number of likely N-dealkylation sites (N-methyl/N-ethyl adjacent to an activating group) is 1. The molecule has 0 unspecified atom stereocenters. The third kappa shape index (κ3) is 3.59. The minimum absolute atomic E-state index is 0.716. The summed E-state index contributed by atoms with van der Waals surface area (Å²) in [6.45, 7) is 1.77. The molecule has 0 saturated heterocycles. The Hall–Kier alpha value is -1.32. The highest BCUT2D eigenvalue weighted by Gasteiger charge is 2.02. The van der Waals surface area contributed by atoms with Crippen molar-refractivity contribution >= 4 is 17.0 Å². The lowest BCUT2D eigenvalue weighted by Crippen LogP contribution is -2.19. The van der Waals surface area contributed by atoms with Gasteiger partial charge in [0, 0.05) is 24.2 Å². The summed E-state index contributed by atoms with van der Waals surface area (Å²) < 4.78 is 0. The zero-order valence-electron chi connectivity index (χ0n) is 10.8. The van der Waals surface area contributed by atoms with Crippen LogP contribution in [0.3, 0.4) is 0 Å². The molecule has 0 aliphatic heterocycles. The molecule has 0 saturated carbocycles. The predicted octanol–water partition coefficient (Wildman–Crippen LogP) is 2.93. The number of nitrogens with two attached hydrogens (primary N) is 1. The molecular formula is C15H20N2S. The van der Waals surface area contributed by atoms with Crippen LogP contribution in [0.1, 0.15) is 10.4 Å². The first-order valence-corrected chi connectivity index (χ1v) is 7.20. The minimum Gasteiger partial charge on any atom is -0.374 e. The van der Waals surface area contributed by atoms with E-state index in [-0.39, 0.29) is 0 Å². The summed E-state index contributed by atoms with van der Waals surface area (Å²) in [4.78, 5) is 3.74. The maximum atomic E-state index is 5.55. The molecule has 0 atom stereocenters. The summed E-state index contributed by atoms with van der Waals surface area (Å²) in [7, 11) is 2.14. The van der Waals surface area contributed by atoms with E-state index in [1.54, 1.807) is 0 Å². The molecule has 0 radical (unpaired) electrons. The van der Waals surface area contributed by atoms with Gasteiger partial charge in [-0.3, -0.25) is 0 Å². The van der Waals surface area contributed by atoms with Gasteiger partial charge in [-0.2, -0.15) is 0 Å². The fraction of sp³-hybridized carbons (Fsp3) is 0.333. The van der Waals surface area contributed by atoms with Crippen LogP contribution in [0.2, 0.25) is 0 Å². The Morgan fingerprint density at radius 2 is 1.89 bits per heavy atom. The highest BCUT2D eigenvalue weighted by atomic mass is 32.1. The zero-order chi connectivity index (χ0) is 12.8. The van der Waals surface area contributed by atoms with Gasteiger partial charge in [0.25, 0.3) is 0 Å². The lowest BCUT2D eigenvalue weighted by molar-refractivity contribution is 0.886. The first-order valence-electron chi connectivity index (χ1n) is 6.32. The molecule has 0 aliphatic rings. The Morgan fingerprint density at radius 3 is 2.50 bits per heavy atom. The summed E-state index contributed by atoms with van der Waals surface area (Å²) in [5.74, 6) is 0. The van der Waals surface area contributed by atoms with E-state index in [4.69, 9.17) is 5.73 Å². The molecule has 1 heterocycles. The van der Waals surface area contributed by atoms with Gasteiger partial charge in [0.2, 0.25) is 0 Å². The molecule has 96 valence electrons. The largest absolute Gasteiger partial charge is 0.374 e. The number of hydrogen-bond acceptors (Lipinski definition) is 3. The van der Waals surface area contributed by atoms with Crippen LogP contribution in [-0.2, 0) is 12.8 Å². The van der Waals surface area contributed by atoms with Crippen molar-refractivity contribution < 1.29 is 0 Å². The maximum Gasteiger partial charge on any atom is 0.0363 e. The number of thiophene rings is 1. The first kappa shape index (κ1) is 13.1. The number of nitrogens with zero attached hydrogens (tertiary/aromatic N) is 1. The molecule has 0 amide bonds. The predicted molar refractivity (Wildman–Crippen MR) is 80.5 cm³/mol. The van der Waals surface area contributed by atoms with Gasteiger partial charge in [-0.05, 0) is 48.5 Å². The van der Waals surface area contributed by atoms with Crippen LogP contribution in [0.15, 0.2) is 41.8 Å². The van der Waals surface area contributed by atoms with Crippen molar-refractivity contribution in [3.63, 3.8) is 0 Å². The Labute approximate surface area is 113 Å². The molecule has 2 N–H and O–H groups in total. The van der Waals surface area contributed by atoms with Crippen molar-refractivity contribution in [1.82, 2.24) is 0 Å². The van der Waals surface area contributed by atoms with Crippen molar-refractivity contribution in [1.29, 1.82) is 0 Å². The average molecular weight is 260 g/mol. The summed E-state index contributed by atoms with van der Waals surface area (Å²) in [6.07, 6.45) is 2.07. The third-order valence-electron chi connectivity index (χ3n) is 3.08. The van der Waals surface area contributed by atoms with Crippen LogP contribution < -0.4 is 10.6 Å². The summed E-state index contributed by atoms with van der Waals surface area (Å²) in [5, 5.41) is 2.14. The van der Waals surface area contributed by atoms with E-state index in [0.29, 0.717) is 6.54 Å². The lowest BCUT2D eigenvalue weighted by Gasteiger charge is -2.19. The Bertz CT molecular complexity index is 448. The molecule has 3 heteroatoms. The highest BCUT2D eigenvalue weighted by Crippen LogP contribution is 2.16. The standard InChI is InChI=1S/C15H20N2S/c1-17(11-9-15-3-2-12-18-15)14-6-4-13(5-7-14)8-10-16/h2-7,12H,8-11,16H2,1H3. The lowest BCUT2D eigenvalue weighted by atomic mass is 10.1. The first-order chi connectivity index (χ1) is 8.79. The number of hydrogen-bond donors (Lipinski definition) is 1. The fourth-order valence-electron chi connectivity index (χ4n) is 1.95. The molecule has 0 spiro atoms. The second-order valence-corrected chi connectivity index (χ2v) is 5.49. The van der Waals surface area contributed by atoms with Gasteiger partial charge in [-0.1, -0.05) is 18.2 Å². The van der Waals surface area contributed by atoms with E-state index in [1.165, 1.54) is 16.1 Å². The number of benzene rings is 1. The fourth-order valence-corrected chi connectivity index (χ4v) is 2.64. The second kappa shape index (κ2) is 6.57. The summed E-state index contributed by atoms with van der Waals surface area (Å²) >= 11 is 1.83. The monoisotopic (exact) mass is 260 g/mol. The highest BCUT2D eigenvalue weighted by molar-refractivity contribution is 7.09. The van der Waals surface area contributed by atoms with E-state index in [2.05, 4.69) is 53.7 Å². The van der Waals surface area contributed by atoms with Crippen molar-refractivity contribution in [2.75, 3.05) is 25.0 Å². The SMILES string of the molecule is CN(CCc1cccs1)c1ccc(CCN)cc1. The molecule has 2 rings (SSSR count). The normalized spacial score (nSPS) is 10.6. The summed E-state index contributed by atoms with van der Waals surface area (Å²) in [5.41, 5.74) is 8.13. The van der Waals surface area contributed by atoms with E-state index in [1.807, 2.05) is 11.3 Å². The van der Waals surface area contributed by atoms with E-state index in [9.17, 15) is 0 Å². The van der Waals surface area contributed by atoms with Crippen LogP contribution in [-0.4, -0.2) is 20.1 Å². The van der Waals surface area contributed by atoms with Crippen LogP contribution >= 0.6 is 11.3 Å². The van der Waals surface area contributed by atoms with E-state index < -0.39 is 0 Å². The van der Waals surface area contributed by atoms with Gasteiger partial charge in [0.15, 0.2) is 0 Å². The zero-order valence-corrected chi connectivity index (χ0v) is 11.6. The molecule has 2 aromatic rings. The van der Waals surface area contributed by atoms with Crippen molar-refractivity contribution in [3.05, 3.63) is 52.2 Å². The van der Waals surface area contributed by atoms with Gasteiger partial charge in [-0.25, -0.2) is 0 Å². The maximum absolute atomic E-state index is 5.55. The van der Waals surface area contributed by atoms with E-state index in [0.717, 1.165) is 19.4 Å². The molecular weight excluding hydrogens is 240 g/mol. The van der Waals surface area contributed by atoms with Crippen LogP contribution in [0.5, 0.6) is 0 Å². The second-order valence-electron chi connectivity index (χ2n) is 4.46. The van der Waals surface area contributed by atoms with Crippen molar-refractivity contribution in [3.8, 4) is 0 Å². The Morgan fingerprint density at radius 1 is 1.11 bits per heavy atom. The van der Waals surface area contributed by atoms with Crippen LogP contribution in [0, 0.1) is 0 Å². The van der Waals surface area contributed by atoms with Gasteiger partial charge in [-0.15, -0.1) is 11.3 Å². The molecule has 1 aromatic heterocycles. The molecule has 0 aliphatic carbocycles. The molecule has 0 bridgehead atoms. The van der Waals surface area contributed by atoms with Crippen LogP contribution in [0.4, 0.5) is 5.69 Å². The average Bonchev–Trinajstić information content (AvgIpc) is 2.90. The number of anilines is 1. The van der Waals surface area contributed by atoms with Gasteiger partial charge < -0.3 is 10.6 Å². The molecule has 1 aromatic carbocycles.